The fourth-order valence-electron chi connectivity index (χ4n) is 3.20. The quantitative estimate of drug-likeness (QED) is 0.875. The van der Waals surface area contributed by atoms with Gasteiger partial charge in [0, 0.05) is 24.7 Å². The lowest BCUT2D eigenvalue weighted by Crippen LogP contribution is -2.46. The minimum absolute atomic E-state index is 0.107. The zero-order valence-corrected chi connectivity index (χ0v) is 15.9. The van der Waals surface area contributed by atoms with Gasteiger partial charge in [0.1, 0.15) is 0 Å². The fourth-order valence-corrected chi connectivity index (χ4v) is 3.45. The first kappa shape index (κ1) is 17.2. The van der Waals surface area contributed by atoms with E-state index in [1.54, 1.807) is 0 Å². The summed E-state index contributed by atoms with van der Waals surface area (Å²) >= 11 is 3.55. The molecule has 1 amide bonds. The molecule has 0 saturated carbocycles. The van der Waals surface area contributed by atoms with Crippen molar-refractivity contribution in [1.29, 1.82) is 0 Å². The number of halogens is 1. The van der Waals surface area contributed by atoms with Crippen LogP contribution in [-0.2, 0) is 0 Å². The van der Waals surface area contributed by atoms with E-state index in [0.717, 1.165) is 53.0 Å². The summed E-state index contributed by atoms with van der Waals surface area (Å²) < 4.78 is 2.92. The van der Waals surface area contributed by atoms with Crippen LogP contribution in [0.15, 0.2) is 28.7 Å². The third-order valence-electron chi connectivity index (χ3n) is 4.68. The van der Waals surface area contributed by atoms with Gasteiger partial charge >= 0.3 is 0 Å². The summed E-state index contributed by atoms with van der Waals surface area (Å²) in [6.45, 7) is 5.61. The van der Waals surface area contributed by atoms with Crippen LogP contribution in [0, 0.1) is 13.8 Å². The molecule has 1 atom stereocenters. The van der Waals surface area contributed by atoms with Crippen molar-refractivity contribution in [3.05, 3.63) is 45.7 Å². The molecule has 2 aromatic rings. The average molecular weight is 391 g/mol. The summed E-state index contributed by atoms with van der Waals surface area (Å²) in [5, 5.41) is 7.81. The van der Waals surface area contributed by atoms with E-state index in [1.807, 2.05) is 54.7 Å². The van der Waals surface area contributed by atoms with E-state index in [1.165, 1.54) is 0 Å². The molecule has 6 heteroatoms. The molecule has 3 rings (SSSR count). The Balaban J connectivity index is 1.79. The highest BCUT2D eigenvalue weighted by Gasteiger charge is 2.23. The van der Waals surface area contributed by atoms with Crippen LogP contribution in [0.1, 0.15) is 34.6 Å². The van der Waals surface area contributed by atoms with E-state index in [4.69, 9.17) is 0 Å². The highest BCUT2D eigenvalue weighted by atomic mass is 79.9. The van der Waals surface area contributed by atoms with Crippen LogP contribution in [0.4, 0.5) is 0 Å². The van der Waals surface area contributed by atoms with Gasteiger partial charge < -0.3 is 10.2 Å². The first-order chi connectivity index (χ1) is 11.5. The second kappa shape index (κ2) is 7.07. The third-order valence-corrected chi connectivity index (χ3v) is 5.83. The predicted molar refractivity (Wildman–Crippen MR) is 98.7 cm³/mol. The van der Waals surface area contributed by atoms with Gasteiger partial charge in [-0.1, -0.05) is 0 Å². The van der Waals surface area contributed by atoms with E-state index in [-0.39, 0.29) is 5.91 Å². The van der Waals surface area contributed by atoms with E-state index >= 15 is 0 Å². The van der Waals surface area contributed by atoms with Crippen LogP contribution in [0.25, 0.3) is 5.69 Å². The minimum atomic E-state index is 0.107. The van der Waals surface area contributed by atoms with Crippen molar-refractivity contribution in [3.8, 4) is 5.69 Å². The monoisotopic (exact) mass is 390 g/mol. The lowest BCUT2D eigenvalue weighted by molar-refractivity contribution is 0.0698. The summed E-state index contributed by atoms with van der Waals surface area (Å²) in [4.78, 5) is 14.6. The number of carbonyl (C=O) groups excluding carboxylic acids is 1. The van der Waals surface area contributed by atoms with Gasteiger partial charge in [0.15, 0.2) is 0 Å². The molecule has 0 spiro atoms. The molecule has 128 valence electrons. The number of nitrogens with one attached hydrogen (secondary N) is 1. The van der Waals surface area contributed by atoms with Crippen LogP contribution in [-0.4, -0.2) is 46.8 Å². The Morgan fingerprint density at radius 2 is 2.00 bits per heavy atom. The van der Waals surface area contributed by atoms with Crippen LogP contribution in [0.3, 0.4) is 0 Å². The minimum Gasteiger partial charge on any atom is -0.337 e. The molecular weight excluding hydrogens is 368 g/mol. The van der Waals surface area contributed by atoms with Crippen molar-refractivity contribution in [2.45, 2.75) is 32.7 Å². The SMILES string of the molecule is CN[C@@H]1CCCN(C(=O)c2ccc(-n3nc(C)c(Br)c3C)cc2)C1. The lowest BCUT2D eigenvalue weighted by atomic mass is 10.0. The number of hydrogen-bond acceptors (Lipinski definition) is 3. The molecule has 2 heterocycles. The van der Waals surface area contributed by atoms with Crippen molar-refractivity contribution < 1.29 is 4.79 Å². The summed E-state index contributed by atoms with van der Waals surface area (Å²) in [6.07, 6.45) is 2.18. The van der Waals surface area contributed by atoms with Crippen molar-refractivity contribution in [2.24, 2.45) is 0 Å². The van der Waals surface area contributed by atoms with Crippen LogP contribution in [0.2, 0.25) is 0 Å². The Hall–Kier alpha value is -1.66. The summed E-state index contributed by atoms with van der Waals surface area (Å²) in [5.41, 5.74) is 3.71. The smallest absolute Gasteiger partial charge is 0.253 e. The number of carbonyl (C=O) groups is 1. The highest BCUT2D eigenvalue weighted by Crippen LogP contribution is 2.23. The number of benzene rings is 1. The number of likely N-dealkylation sites (N-methyl/N-ethyl adjacent to an activating group) is 1. The lowest BCUT2D eigenvalue weighted by Gasteiger charge is -2.32. The fraction of sp³-hybridized carbons (Fsp3) is 0.444. The standard InChI is InChI=1S/C18H23BrN4O/c1-12-17(19)13(2)23(21-12)16-8-6-14(7-9-16)18(24)22-10-4-5-15(11-22)20-3/h6-9,15,20H,4-5,10-11H2,1-3H3/t15-/m1/s1. The maximum Gasteiger partial charge on any atom is 0.253 e. The summed E-state index contributed by atoms with van der Waals surface area (Å²) in [6, 6.07) is 8.10. The Bertz CT molecular complexity index is 738. The molecule has 0 radical (unpaired) electrons. The first-order valence-electron chi connectivity index (χ1n) is 8.30. The Labute approximate surface area is 151 Å². The van der Waals surface area contributed by atoms with Crippen LogP contribution >= 0.6 is 15.9 Å². The van der Waals surface area contributed by atoms with E-state index in [9.17, 15) is 4.79 Å². The Kier molecular flexibility index (Phi) is 5.06. The van der Waals surface area contributed by atoms with Gasteiger partial charge in [0.2, 0.25) is 0 Å². The molecule has 1 fully saturated rings. The molecule has 0 unspecified atom stereocenters. The number of hydrogen-bond donors (Lipinski definition) is 1. The highest BCUT2D eigenvalue weighted by molar-refractivity contribution is 9.10. The molecule has 0 bridgehead atoms. The second-order valence-corrected chi connectivity index (χ2v) is 7.12. The largest absolute Gasteiger partial charge is 0.337 e. The molecule has 1 aromatic carbocycles. The van der Waals surface area contributed by atoms with E-state index in [2.05, 4.69) is 26.3 Å². The zero-order valence-electron chi connectivity index (χ0n) is 14.3. The number of nitrogens with zero attached hydrogens (tertiary/aromatic N) is 3. The molecule has 5 nitrogen and oxygen atoms in total. The molecular formula is C18H23BrN4O. The Morgan fingerprint density at radius 3 is 2.58 bits per heavy atom. The predicted octanol–water partition coefficient (Wildman–Crippen LogP) is 3.08. The first-order valence-corrected chi connectivity index (χ1v) is 9.09. The summed E-state index contributed by atoms with van der Waals surface area (Å²) in [7, 11) is 1.96. The number of rotatable bonds is 3. The number of aryl methyl sites for hydroxylation is 1. The van der Waals surface area contributed by atoms with Gasteiger partial charge in [-0.25, -0.2) is 4.68 Å². The van der Waals surface area contributed by atoms with Crippen molar-refractivity contribution >= 4 is 21.8 Å². The number of amides is 1. The number of likely N-dealkylation sites (tertiary alicyclic amines) is 1. The van der Waals surface area contributed by atoms with Crippen LogP contribution < -0.4 is 5.32 Å². The molecule has 1 N–H and O–H groups in total. The van der Waals surface area contributed by atoms with Gasteiger partial charge in [-0.3, -0.25) is 4.79 Å². The van der Waals surface area contributed by atoms with Gasteiger partial charge in [0.25, 0.3) is 5.91 Å². The second-order valence-electron chi connectivity index (χ2n) is 6.32. The van der Waals surface area contributed by atoms with Gasteiger partial charge in [-0.05, 0) is 73.9 Å². The average Bonchev–Trinajstić information content (AvgIpc) is 2.88. The maximum absolute atomic E-state index is 12.7. The van der Waals surface area contributed by atoms with Crippen molar-refractivity contribution in [2.75, 3.05) is 20.1 Å². The zero-order chi connectivity index (χ0) is 17.3. The van der Waals surface area contributed by atoms with E-state index in [0.29, 0.717) is 6.04 Å². The van der Waals surface area contributed by atoms with Gasteiger partial charge in [-0.2, -0.15) is 5.10 Å². The normalized spacial score (nSPS) is 18.0. The molecule has 1 aromatic heterocycles. The van der Waals surface area contributed by atoms with Gasteiger partial charge in [0.05, 0.1) is 21.5 Å². The molecule has 24 heavy (non-hydrogen) atoms. The summed E-state index contributed by atoms with van der Waals surface area (Å²) in [5.74, 6) is 0.107. The van der Waals surface area contributed by atoms with Crippen LogP contribution in [0.5, 0.6) is 0 Å². The van der Waals surface area contributed by atoms with Gasteiger partial charge in [-0.15, -0.1) is 0 Å². The number of piperidine rings is 1. The Morgan fingerprint density at radius 1 is 1.29 bits per heavy atom. The third kappa shape index (κ3) is 3.26. The number of aromatic nitrogens is 2. The van der Waals surface area contributed by atoms with Crippen molar-refractivity contribution in [3.63, 3.8) is 0 Å². The maximum atomic E-state index is 12.7. The van der Waals surface area contributed by atoms with E-state index < -0.39 is 0 Å². The molecule has 1 aliphatic rings. The molecule has 1 saturated heterocycles. The van der Waals surface area contributed by atoms with Crippen molar-refractivity contribution in [1.82, 2.24) is 20.0 Å². The topological polar surface area (TPSA) is 50.2 Å². The molecule has 1 aliphatic heterocycles. The molecule has 0 aliphatic carbocycles.